The van der Waals surface area contributed by atoms with E-state index in [1.807, 2.05) is 18.2 Å². The monoisotopic (exact) mass is 338 g/mol. The van der Waals surface area contributed by atoms with Crippen molar-refractivity contribution in [2.75, 3.05) is 30.0 Å². The molecule has 0 spiro atoms. The molecule has 0 aliphatic carbocycles. The molecule has 0 radical (unpaired) electrons. The lowest BCUT2D eigenvalue weighted by atomic mass is 10.3. The second-order valence-electron chi connectivity index (χ2n) is 5.33. The van der Waals surface area contributed by atoms with Crippen LogP contribution in [0.5, 0.6) is 0 Å². The summed E-state index contributed by atoms with van der Waals surface area (Å²) < 4.78 is 51.2. The Labute approximate surface area is 138 Å². The van der Waals surface area contributed by atoms with Gasteiger partial charge in [0.15, 0.2) is 0 Å². The summed E-state index contributed by atoms with van der Waals surface area (Å²) in [6.45, 7) is -0.313. The van der Waals surface area contributed by atoms with E-state index in [1.165, 1.54) is 0 Å². The van der Waals surface area contributed by atoms with E-state index in [4.69, 9.17) is 9.47 Å². The molecular weight excluding hydrogens is 321 g/mol. The Hall–Kier alpha value is -2.25. The van der Waals surface area contributed by atoms with Gasteiger partial charge in [0.05, 0.1) is 0 Å². The van der Waals surface area contributed by atoms with Gasteiger partial charge in [0.2, 0.25) is 6.23 Å². The molecule has 0 bridgehead atoms. The summed E-state index contributed by atoms with van der Waals surface area (Å²) in [7, 11) is 0. The highest BCUT2D eigenvalue weighted by molar-refractivity contribution is 5.47. The number of anilines is 2. The Morgan fingerprint density at radius 3 is 1.96 bits per heavy atom. The number of hydrogen-bond donors (Lipinski definition) is 0. The van der Waals surface area contributed by atoms with E-state index >= 15 is 0 Å². The number of rotatable bonds is 2. The van der Waals surface area contributed by atoms with E-state index in [1.54, 1.807) is 47.4 Å². The van der Waals surface area contributed by atoms with Gasteiger partial charge in [-0.25, -0.2) is 0 Å². The minimum atomic E-state index is -4.54. The van der Waals surface area contributed by atoms with Gasteiger partial charge in [-0.05, 0) is 24.3 Å². The number of nitrogens with zero attached hydrogens (tertiary/aromatic N) is 2. The lowest BCUT2D eigenvalue weighted by Gasteiger charge is -2.38. The molecule has 1 unspecified atom stereocenters. The van der Waals surface area contributed by atoms with Crippen LogP contribution < -0.4 is 9.80 Å². The van der Waals surface area contributed by atoms with Gasteiger partial charge in [-0.1, -0.05) is 36.4 Å². The highest BCUT2D eigenvalue weighted by atomic mass is 19.4. The topological polar surface area (TPSA) is 24.9 Å². The zero-order valence-corrected chi connectivity index (χ0v) is 12.8. The molecule has 24 heavy (non-hydrogen) atoms. The molecule has 0 aromatic heterocycles. The molecule has 0 saturated carbocycles. The summed E-state index contributed by atoms with van der Waals surface area (Å²) in [5.74, 6) is 0. The van der Waals surface area contributed by atoms with E-state index in [0.29, 0.717) is 5.69 Å². The number of ether oxygens (including phenoxy) is 2. The quantitative estimate of drug-likeness (QED) is 0.831. The fourth-order valence-electron chi connectivity index (χ4n) is 2.49. The molecule has 0 N–H and O–H groups in total. The van der Waals surface area contributed by atoms with Crippen molar-refractivity contribution in [2.24, 2.45) is 0 Å². The Morgan fingerprint density at radius 2 is 1.38 bits per heavy atom. The van der Waals surface area contributed by atoms with Crippen molar-refractivity contribution in [3.8, 4) is 0 Å². The number of para-hydroxylation sites is 2. The first-order valence-corrected chi connectivity index (χ1v) is 7.43. The van der Waals surface area contributed by atoms with Crippen LogP contribution in [0.15, 0.2) is 60.7 Å². The summed E-state index contributed by atoms with van der Waals surface area (Å²) in [6.07, 6.45) is -6.62. The summed E-state index contributed by atoms with van der Waals surface area (Å²) in [4.78, 5) is 2.68. The maximum absolute atomic E-state index is 13.5. The summed E-state index contributed by atoms with van der Waals surface area (Å²) >= 11 is 0. The Kier molecular flexibility index (Phi) is 4.92. The zero-order valence-electron chi connectivity index (χ0n) is 12.8. The molecular formula is C17H17F3N2O2. The molecule has 1 heterocycles. The zero-order chi connectivity index (χ0) is 17.0. The van der Waals surface area contributed by atoms with Crippen molar-refractivity contribution in [2.45, 2.75) is 12.4 Å². The van der Waals surface area contributed by atoms with E-state index in [2.05, 4.69) is 0 Å². The molecule has 1 saturated heterocycles. The Balaban J connectivity index is 1.82. The lowest BCUT2D eigenvalue weighted by molar-refractivity contribution is -0.227. The highest BCUT2D eigenvalue weighted by Gasteiger charge is 2.46. The van der Waals surface area contributed by atoms with Crippen LogP contribution >= 0.6 is 0 Å². The van der Waals surface area contributed by atoms with Gasteiger partial charge in [-0.15, -0.1) is 0 Å². The average Bonchev–Trinajstić information content (AvgIpc) is 2.55. The predicted octanol–water partition coefficient (Wildman–Crippen LogP) is 3.81. The maximum Gasteiger partial charge on any atom is 0.433 e. The Bertz CT molecular complexity index is 637. The van der Waals surface area contributed by atoms with Gasteiger partial charge in [-0.3, -0.25) is 0 Å². The third kappa shape index (κ3) is 3.80. The molecule has 0 amide bonds. The Morgan fingerprint density at radius 1 is 0.792 bits per heavy atom. The number of alkyl halides is 3. The van der Waals surface area contributed by atoms with Gasteiger partial charge < -0.3 is 19.3 Å². The normalized spacial score (nSPS) is 19.7. The molecule has 1 atom stereocenters. The molecule has 4 nitrogen and oxygen atoms in total. The van der Waals surface area contributed by atoms with Gasteiger partial charge in [0.25, 0.3) is 0 Å². The maximum atomic E-state index is 13.5. The van der Waals surface area contributed by atoms with E-state index < -0.39 is 12.4 Å². The second-order valence-corrected chi connectivity index (χ2v) is 5.33. The van der Waals surface area contributed by atoms with Crippen LogP contribution in [-0.4, -0.2) is 32.6 Å². The first-order chi connectivity index (χ1) is 11.6. The molecule has 1 aliphatic heterocycles. The predicted molar refractivity (Wildman–Crippen MR) is 84.5 cm³/mol. The van der Waals surface area contributed by atoms with E-state index in [9.17, 15) is 13.2 Å². The second kappa shape index (κ2) is 7.11. The van der Waals surface area contributed by atoms with Crippen molar-refractivity contribution >= 4 is 11.4 Å². The van der Waals surface area contributed by atoms with Gasteiger partial charge >= 0.3 is 6.18 Å². The molecule has 3 rings (SSSR count). The summed E-state index contributed by atoms with van der Waals surface area (Å²) in [5.41, 5.74) is 1.14. The fraction of sp³-hybridized carbons (Fsp3) is 0.294. The van der Waals surface area contributed by atoms with Crippen LogP contribution in [0.2, 0.25) is 0 Å². The van der Waals surface area contributed by atoms with Crippen LogP contribution in [0.1, 0.15) is 0 Å². The largest absolute Gasteiger partial charge is 0.433 e. The third-order valence-corrected chi connectivity index (χ3v) is 3.64. The third-order valence-electron chi connectivity index (χ3n) is 3.64. The first kappa shape index (κ1) is 16.6. The smallest absolute Gasteiger partial charge is 0.341 e. The SMILES string of the molecule is FC(F)(F)C1OCN(c2ccccc2)COCN1c1ccccc1. The van der Waals surface area contributed by atoms with Gasteiger partial charge in [-0.2, -0.15) is 13.2 Å². The van der Waals surface area contributed by atoms with Crippen LogP contribution in [0.25, 0.3) is 0 Å². The number of halogens is 3. The van der Waals surface area contributed by atoms with Crippen LogP contribution in [-0.2, 0) is 9.47 Å². The van der Waals surface area contributed by atoms with Crippen molar-refractivity contribution in [3.63, 3.8) is 0 Å². The first-order valence-electron chi connectivity index (χ1n) is 7.43. The standard InChI is InChI=1S/C17H17F3N2O2/c18-17(19,20)16-22(15-9-5-2-6-10-15)13-23-11-21(12-24-16)14-7-3-1-4-8-14/h1-10,16H,11-13H2. The molecule has 7 heteroatoms. The summed E-state index contributed by atoms with van der Waals surface area (Å²) in [6, 6.07) is 17.4. The molecule has 1 fully saturated rings. The lowest BCUT2D eigenvalue weighted by Crippen LogP contribution is -2.52. The molecule has 1 aliphatic rings. The molecule has 128 valence electrons. The minimum Gasteiger partial charge on any atom is -0.341 e. The van der Waals surface area contributed by atoms with Crippen molar-refractivity contribution in [3.05, 3.63) is 60.7 Å². The van der Waals surface area contributed by atoms with Crippen molar-refractivity contribution < 1.29 is 22.6 Å². The van der Waals surface area contributed by atoms with E-state index in [0.717, 1.165) is 10.6 Å². The summed E-state index contributed by atoms with van der Waals surface area (Å²) in [5, 5.41) is 0. The fourth-order valence-corrected chi connectivity index (χ4v) is 2.49. The number of hydrogen-bond acceptors (Lipinski definition) is 4. The van der Waals surface area contributed by atoms with Crippen molar-refractivity contribution in [1.29, 1.82) is 0 Å². The van der Waals surface area contributed by atoms with Crippen LogP contribution in [0, 0.1) is 0 Å². The van der Waals surface area contributed by atoms with Crippen molar-refractivity contribution in [1.82, 2.24) is 0 Å². The molecule has 2 aromatic carbocycles. The average molecular weight is 338 g/mol. The molecule has 2 aromatic rings. The highest BCUT2D eigenvalue weighted by Crippen LogP contribution is 2.31. The van der Waals surface area contributed by atoms with Crippen LogP contribution in [0.3, 0.4) is 0 Å². The number of benzene rings is 2. The van der Waals surface area contributed by atoms with Gasteiger partial charge in [0, 0.05) is 11.4 Å². The van der Waals surface area contributed by atoms with Gasteiger partial charge in [0.1, 0.15) is 20.2 Å². The van der Waals surface area contributed by atoms with E-state index in [-0.39, 0.29) is 20.2 Å². The van der Waals surface area contributed by atoms with Crippen LogP contribution in [0.4, 0.5) is 24.5 Å². The minimum absolute atomic E-state index is 0.137.